The summed E-state index contributed by atoms with van der Waals surface area (Å²) in [5, 5.41) is 21.6. The number of piperidine rings is 1. The van der Waals surface area contributed by atoms with Crippen LogP contribution in [0.5, 0.6) is 0 Å². The molecule has 0 atom stereocenters. The number of rotatable bonds is 7. The van der Waals surface area contributed by atoms with Crippen molar-refractivity contribution in [2.75, 3.05) is 24.5 Å². The number of hydrogen-bond acceptors (Lipinski definition) is 9. The normalized spacial score (nSPS) is 19.8. The second kappa shape index (κ2) is 9.46. The Bertz CT molecular complexity index is 1600. The van der Waals surface area contributed by atoms with E-state index in [1.165, 1.54) is 6.07 Å². The van der Waals surface area contributed by atoms with Crippen molar-refractivity contribution in [2.24, 2.45) is 7.05 Å². The van der Waals surface area contributed by atoms with Crippen molar-refractivity contribution in [1.29, 1.82) is 5.26 Å². The number of likely N-dealkylation sites (tertiary alicyclic amines) is 1. The Morgan fingerprint density at radius 1 is 1.21 bits per heavy atom. The lowest BCUT2D eigenvalue weighted by molar-refractivity contribution is -0.130. The maximum absolute atomic E-state index is 13.5. The van der Waals surface area contributed by atoms with Gasteiger partial charge in [0.25, 0.3) is 6.43 Å². The highest BCUT2D eigenvalue weighted by Crippen LogP contribution is 2.41. The Morgan fingerprint density at radius 2 is 1.95 bits per heavy atom. The molecule has 2 saturated heterocycles. The van der Waals surface area contributed by atoms with Crippen LogP contribution in [0.4, 0.5) is 14.5 Å². The maximum atomic E-state index is 13.5. The monoisotopic (exact) mass is 576 g/mol. The Labute approximate surface area is 227 Å². The molecule has 0 bridgehead atoms. The summed E-state index contributed by atoms with van der Waals surface area (Å²) >= 11 is 0.708. The van der Waals surface area contributed by atoms with Crippen molar-refractivity contribution in [1.82, 2.24) is 29.6 Å². The lowest BCUT2D eigenvalue weighted by Gasteiger charge is -2.38. The highest BCUT2D eigenvalue weighted by Gasteiger charge is 2.47. The van der Waals surface area contributed by atoms with Crippen LogP contribution in [-0.2, 0) is 21.9 Å². The molecule has 2 aromatic heterocycles. The number of nitrogens with zero attached hydrogens (tertiary/aromatic N) is 7. The lowest BCUT2D eigenvalue weighted by Crippen LogP contribution is -2.45. The third-order valence-corrected chi connectivity index (χ3v) is 10.1. The van der Waals surface area contributed by atoms with Crippen molar-refractivity contribution in [3.63, 3.8) is 0 Å². The maximum Gasteiger partial charge on any atom is 0.291 e. The molecule has 1 amide bonds. The number of amides is 1. The first-order valence-electron chi connectivity index (χ1n) is 12.7. The van der Waals surface area contributed by atoms with E-state index >= 15 is 0 Å². The molecule has 11 nitrogen and oxygen atoms in total. The number of carbonyl (C=O) groups excluding carboxylic acids is 1. The molecule has 3 aliphatic rings. The molecule has 0 unspecified atom stereocenters. The second-order valence-electron chi connectivity index (χ2n) is 10.3. The predicted molar refractivity (Wildman–Crippen MR) is 139 cm³/mol. The van der Waals surface area contributed by atoms with E-state index in [1.54, 1.807) is 17.8 Å². The molecule has 1 N–H and O–H groups in total. The second-order valence-corrected chi connectivity index (χ2v) is 13.0. The van der Waals surface area contributed by atoms with E-state index in [2.05, 4.69) is 24.9 Å². The van der Waals surface area contributed by atoms with Crippen LogP contribution in [0.25, 0.3) is 21.6 Å². The van der Waals surface area contributed by atoms with Crippen LogP contribution < -0.4 is 9.62 Å². The fraction of sp³-hybridized carbons (Fsp3) is 0.542. The standard InChI is InChI=1S/C24H26F2N8O3S2/c1-32-20-16(19(30-32)22-28-29-23(38-22)21(25)26)11-15(39(36,37)31-24(13-27)6-7-24)12-17(20)33-9-4-14(5-10-33)34-8-2-3-18(34)35/h11-12,14,21,31H,2-10H2,1H3. The van der Waals surface area contributed by atoms with Gasteiger partial charge in [-0.25, -0.2) is 17.2 Å². The minimum Gasteiger partial charge on any atom is -0.370 e. The zero-order chi connectivity index (χ0) is 27.5. The smallest absolute Gasteiger partial charge is 0.291 e. The highest BCUT2D eigenvalue weighted by atomic mass is 32.2. The number of benzene rings is 1. The molecular weight excluding hydrogens is 550 g/mol. The van der Waals surface area contributed by atoms with Gasteiger partial charge in [0.05, 0.1) is 22.2 Å². The van der Waals surface area contributed by atoms with E-state index in [9.17, 15) is 27.3 Å². The summed E-state index contributed by atoms with van der Waals surface area (Å²) in [4.78, 5) is 16.3. The first-order chi connectivity index (χ1) is 18.6. The predicted octanol–water partition coefficient (Wildman–Crippen LogP) is 2.96. The number of nitriles is 1. The average Bonchev–Trinajstić information content (AvgIpc) is 3.24. The van der Waals surface area contributed by atoms with Crippen molar-refractivity contribution in [2.45, 2.75) is 61.4 Å². The third-order valence-electron chi connectivity index (χ3n) is 7.68. The molecule has 4 heterocycles. The molecule has 0 spiro atoms. The Balaban J connectivity index is 1.43. The van der Waals surface area contributed by atoms with Gasteiger partial charge in [0.2, 0.25) is 15.9 Å². The van der Waals surface area contributed by atoms with Gasteiger partial charge >= 0.3 is 0 Å². The van der Waals surface area contributed by atoms with Gasteiger partial charge in [-0.15, -0.1) is 10.2 Å². The summed E-state index contributed by atoms with van der Waals surface area (Å²) in [5.41, 5.74) is 0.405. The van der Waals surface area contributed by atoms with E-state index < -0.39 is 27.0 Å². The van der Waals surface area contributed by atoms with E-state index in [1.807, 2.05) is 11.0 Å². The number of aromatic nitrogens is 4. The first kappa shape index (κ1) is 26.0. The number of nitrogens with one attached hydrogen (secondary N) is 1. The van der Waals surface area contributed by atoms with Crippen LogP contribution in [0.1, 0.15) is 50.0 Å². The van der Waals surface area contributed by atoms with Crippen molar-refractivity contribution in [3.8, 4) is 16.8 Å². The molecule has 1 aromatic carbocycles. The molecular formula is C24H26F2N8O3S2. The van der Waals surface area contributed by atoms with Gasteiger partial charge in [-0.05, 0) is 44.2 Å². The minimum atomic E-state index is -4.09. The van der Waals surface area contributed by atoms with E-state index in [4.69, 9.17) is 0 Å². The van der Waals surface area contributed by atoms with Crippen LogP contribution in [0.2, 0.25) is 0 Å². The Morgan fingerprint density at radius 3 is 2.54 bits per heavy atom. The molecule has 2 aliphatic heterocycles. The molecule has 0 radical (unpaired) electrons. The zero-order valence-corrected chi connectivity index (χ0v) is 22.7. The van der Waals surface area contributed by atoms with E-state index in [0.717, 1.165) is 25.8 Å². The fourth-order valence-corrected chi connectivity index (χ4v) is 7.61. The van der Waals surface area contributed by atoms with Gasteiger partial charge in [0, 0.05) is 44.5 Å². The van der Waals surface area contributed by atoms with Gasteiger partial charge in [-0.1, -0.05) is 11.3 Å². The number of halogens is 2. The van der Waals surface area contributed by atoms with Crippen LogP contribution in [0, 0.1) is 11.3 Å². The van der Waals surface area contributed by atoms with E-state index in [-0.39, 0.29) is 27.5 Å². The van der Waals surface area contributed by atoms with Crippen LogP contribution >= 0.6 is 11.3 Å². The van der Waals surface area contributed by atoms with Crippen LogP contribution in [-0.4, -0.2) is 70.4 Å². The first-order valence-corrected chi connectivity index (χ1v) is 15.0. The summed E-state index contributed by atoms with van der Waals surface area (Å²) in [6.45, 7) is 1.95. The largest absolute Gasteiger partial charge is 0.370 e. The number of alkyl halides is 2. The lowest BCUT2D eigenvalue weighted by atomic mass is 10.0. The summed E-state index contributed by atoms with van der Waals surface area (Å²) < 4.78 is 57.5. The van der Waals surface area contributed by atoms with Crippen molar-refractivity contribution < 1.29 is 22.0 Å². The number of hydrogen-bond donors (Lipinski definition) is 1. The van der Waals surface area contributed by atoms with Crippen LogP contribution in [0.3, 0.4) is 0 Å². The van der Waals surface area contributed by atoms with Gasteiger partial charge in [-0.3, -0.25) is 9.48 Å². The molecule has 3 fully saturated rings. The quantitative estimate of drug-likeness (QED) is 0.453. The molecule has 1 saturated carbocycles. The Kier molecular flexibility index (Phi) is 6.31. The molecule has 6 rings (SSSR count). The zero-order valence-electron chi connectivity index (χ0n) is 21.1. The SMILES string of the molecule is Cn1nc(-c2nnc(C(F)F)s2)c2cc(S(=O)(=O)NC3(C#N)CC3)cc(N3CCC(N4CCCC4=O)CC3)c21. The third kappa shape index (κ3) is 4.64. The highest BCUT2D eigenvalue weighted by molar-refractivity contribution is 7.89. The number of aryl methyl sites for hydroxylation is 1. The van der Waals surface area contributed by atoms with Gasteiger partial charge in [0.1, 0.15) is 11.2 Å². The number of fused-ring (bicyclic) bond motifs is 1. The van der Waals surface area contributed by atoms with Gasteiger partial charge < -0.3 is 9.80 Å². The van der Waals surface area contributed by atoms with Gasteiger partial charge in [-0.2, -0.15) is 15.1 Å². The van der Waals surface area contributed by atoms with Crippen molar-refractivity contribution >= 4 is 43.9 Å². The summed E-state index contributed by atoms with van der Waals surface area (Å²) in [5.74, 6) is 0.179. The minimum absolute atomic E-state index is 0.0452. The molecule has 1 aliphatic carbocycles. The summed E-state index contributed by atoms with van der Waals surface area (Å²) in [6, 6.07) is 5.22. The summed E-state index contributed by atoms with van der Waals surface area (Å²) in [7, 11) is -2.38. The number of sulfonamides is 1. The fourth-order valence-electron chi connectivity index (χ4n) is 5.49. The van der Waals surface area contributed by atoms with Crippen LogP contribution in [0.15, 0.2) is 17.0 Å². The van der Waals surface area contributed by atoms with Crippen molar-refractivity contribution in [3.05, 3.63) is 17.1 Å². The number of carbonyl (C=O) groups is 1. The Hall–Kier alpha value is -3.22. The number of anilines is 1. The topological polar surface area (TPSA) is 137 Å². The van der Waals surface area contributed by atoms with E-state index in [0.29, 0.717) is 60.3 Å². The molecule has 39 heavy (non-hydrogen) atoms. The average molecular weight is 577 g/mol. The van der Waals surface area contributed by atoms with Gasteiger partial charge in [0.15, 0.2) is 10.0 Å². The molecule has 3 aromatic rings. The molecule has 15 heteroatoms. The summed E-state index contributed by atoms with van der Waals surface area (Å²) in [6.07, 6.45) is 0.992. The molecule has 206 valence electrons.